The zero-order valence-electron chi connectivity index (χ0n) is 24.0. The van der Waals surface area contributed by atoms with E-state index in [1.807, 2.05) is 91.0 Å². The second-order valence-electron chi connectivity index (χ2n) is 9.36. The van der Waals surface area contributed by atoms with E-state index in [2.05, 4.69) is 6.07 Å². The summed E-state index contributed by atoms with van der Waals surface area (Å²) in [5.41, 5.74) is 3.82. The minimum absolute atomic E-state index is 0.305. The maximum atomic E-state index is 11.3. The van der Waals surface area contributed by atoms with Gasteiger partial charge in [-0.05, 0) is 78.6 Å². The van der Waals surface area contributed by atoms with E-state index in [0.29, 0.717) is 50.8 Å². The molecule has 2 atom stereocenters. The molecular formula is C34H38O8. The largest absolute Gasteiger partial charge is 0.490 e. The maximum absolute atomic E-state index is 11.3. The van der Waals surface area contributed by atoms with E-state index >= 15 is 0 Å². The summed E-state index contributed by atoms with van der Waals surface area (Å²) < 4.78 is 22.1. The molecule has 0 heterocycles. The number of benzene rings is 3. The van der Waals surface area contributed by atoms with Gasteiger partial charge in [0, 0.05) is 26.1 Å². The lowest BCUT2D eigenvalue weighted by atomic mass is 10.1. The molecular weight excluding hydrogens is 536 g/mol. The first kappa shape index (κ1) is 32.1. The maximum Gasteiger partial charge on any atom is 0.333 e. The highest BCUT2D eigenvalue weighted by molar-refractivity contribution is 5.73. The van der Waals surface area contributed by atoms with Gasteiger partial charge in [-0.25, -0.2) is 9.59 Å². The molecule has 0 spiro atoms. The van der Waals surface area contributed by atoms with Crippen molar-refractivity contribution in [2.75, 3.05) is 26.4 Å². The van der Waals surface area contributed by atoms with Gasteiger partial charge >= 0.3 is 11.9 Å². The molecule has 0 aliphatic rings. The van der Waals surface area contributed by atoms with E-state index in [1.54, 1.807) is 13.8 Å². The standard InChI is InChI=1S/C34H38O8/c1-3-39-31(33(35)36)23-27-12-16-29(17-13-27)41-20-6-10-25-8-5-9-26(22-25)11-7-21-42-30-18-14-28(15-19-30)24-32(34(37)38)40-4-2/h5-19,22,31-32H,3-4,20-21,23-24H2,1-2H3,(H,35,36)(H,37,38)/b10-6+,11-7+. The van der Waals surface area contributed by atoms with Gasteiger partial charge in [0.1, 0.15) is 24.7 Å². The molecule has 3 aromatic carbocycles. The fourth-order valence-corrected chi connectivity index (χ4v) is 4.13. The monoisotopic (exact) mass is 574 g/mol. The quantitative estimate of drug-likeness (QED) is 0.192. The van der Waals surface area contributed by atoms with Crippen LogP contribution in [0.15, 0.2) is 84.9 Å². The Hall–Kier alpha value is -4.40. The molecule has 0 saturated heterocycles. The molecule has 2 N–H and O–H groups in total. The molecule has 3 aromatic rings. The van der Waals surface area contributed by atoms with E-state index in [-0.39, 0.29) is 0 Å². The molecule has 0 bridgehead atoms. The number of carboxylic acids is 2. The summed E-state index contributed by atoms with van der Waals surface area (Å²) in [7, 11) is 0. The Morgan fingerprint density at radius 3 is 1.43 bits per heavy atom. The van der Waals surface area contributed by atoms with Crippen molar-refractivity contribution >= 4 is 24.1 Å². The Bertz CT molecular complexity index is 1210. The second-order valence-corrected chi connectivity index (χ2v) is 9.36. The molecule has 222 valence electrons. The van der Waals surface area contributed by atoms with Gasteiger partial charge in [-0.3, -0.25) is 0 Å². The Morgan fingerprint density at radius 2 is 1.07 bits per heavy atom. The Balaban J connectivity index is 1.42. The van der Waals surface area contributed by atoms with Gasteiger partial charge in [0.2, 0.25) is 0 Å². The van der Waals surface area contributed by atoms with Crippen molar-refractivity contribution in [2.24, 2.45) is 0 Å². The number of carboxylic acid groups (broad SMARTS) is 2. The number of carbonyl (C=O) groups is 2. The minimum Gasteiger partial charge on any atom is -0.490 e. The Labute approximate surface area is 246 Å². The third-order valence-electron chi connectivity index (χ3n) is 6.20. The summed E-state index contributed by atoms with van der Waals surface area (Å²) in [5, 5.41) is 18.5. The van der Waals surface area contributed by atoms with Gasteiger partial charge in [0.25, 0.3) is 0 Å². The average molecular weight is 575 g/mol. The molecule has 0 aromatic heterocycles. The lowest BCUT2D eigenvalue weighted by molar-refractivity contribution is -0.150. The van der Waals surface area contributed by atoms with Crippen LogP contribution < -0.4 is 9.47 Å². The van der Waals surface area contributed by atoms with Crippen molar-refractivity contribution in [3.8, 4) is 11.5 Å². The summed E-state index contributed by atoms with van der Waals surface area (Å²) >= 11 is 0. The molecule has 2 unspecified atom stereocenters. The van der Waals surface area contributed by atoms with Crippen molar-refractivity contribution in [2.45, 2.75) is 38.9 Å². The summed E-state index contributed by atoms with van der Waals surface area (Å²) in [6, 6.07) is 22.8. The van der Waals surface area contributed by atoms with Crippen molar-refractivity contribution in [3.05, 3.63) is 107 Å². The summed E-state index contributed by atoms with van der Waals surface area (Å²) in [6.45, 7) is 5.04. The molecule has 0 radical (unpaired) electrons. The topological polar surface area (TPSA) is 112 Å². The van der Waals surface area contributed by atoms with Gasteiger partial charge < -0.3 is 29.2 Å². The lowest BCUT2D eigenvalue weighted by Crippen LogP contribution is -2.26. The summed E-state index contributed by atoms with van der Waals surface area (Å²) in [5.74, 6) is -0.531. The van der Waals surface area contributed by atoms with Crippen LogP contribution in [0.1, 0.15) is 36.1 Å². The molecule has 0 amide bonds. The third-order valence-corrected chi connectivity index (χ3v) is 6.20. The van der Waals surface area contributed by atoms with Crippen LogP contribution in [0.3, 0.4) is 0 Å². The van der Waals surface area contributed by atoms with Crippen LogP contribution in [0.5, 0.6) is 11.5 Å². The number of hydrogen-bond donors (Lipinski definition) is 2. The fraction of sp³-hybridized carbons (Fsp3) is 0.294. The van der Waals surface area contributed by atoms with Crippen molar-refractivity contribution in [1.82, 2.24) is 0 Å². The van der Waals surface area contributed by atoms with Crippen LogP contribution in [-0.2, 0) is 31.9 Å². The lowest BCUT2D eigenvalue weighted by Gasteiger charge is -2.12. The van der Waals surface area contributed by atoms with Gasteiger partial charge in [-0.2, -0.15) is 0 Å². The van der Waals surface area contributed by atoms with Crippen LogP contribution in [0.4, 0.5) is 0 Å². The predicted octanol–water partition coefficient (Wildman–Crippen LogP) is 5.94. The highest BCUT2D eigenvalue weighted by Gasteiger charge is 2.18. The average Bonchev–Trinajstić information content (AvgIpc) is 2.99. The summed E-state index contributed by atoms with van der Waals surface area (Å²) in [4.78, 5) is 22.5. The van der Waals surface area contributed by atoms with Gasteiger partial charge in [0.15, 0.2) is 12.2 Å². The molecule has 42 heavy (non-hydrogen) atoms. The van der Waals surface area contributed by atoms with Crippen LogP contribution in [0.25, 0.3) is 12.2 Å². The first-order valence-corrected chi connectivity index (χ1v) is 13.9. The van der Waals surface area contributed by atoms with E-state index in [4.69, 9.17) is 18.9 Å². The van der Waals surface area contributed by atoms with E-state index < -0.39 is 24.1 Å². The van der Waals surface area contributed by atoms with Crippen LogP contribution in [0, 0.1) is 0 Å². The zero-order chi connectivity index (χ0) is 30.2. The zero-order valence-corrected chi connectivity index (χ0v) is 24.0. The van der Waals surface area contributed by atoms with Crippen molar-refractivity contribution in [3.63, 3.8) is 0 Å². The number of ether oxygens (including phenoxy) is 4. The van der Waals surface area contributed by atoms with Crippen LogP contribution in [-0.4, -0.2) is 60.8 Å². The SMILES string of the molecule is CCOC(Cc1ccc(OC/C=C/c2cccc(/C=C/COc3ccc(CC(OCC)C(=O)O)cc3)c2)cc1)C(=O)O. The number of hydrogen-bond acceptors (Lipinski definition) is 6. The van der Waals surface area contributed by atoms with Crippen LogP contribution in [0.2, 0.25) is 0 Å². The molecule has 0 aliphatic carbocycles. The van der Waals surface area contributed by atoms with Gasteiger partial charge in [-0.1, -0.05) is 54.6 Å². The number of rotatable bonds is 18. The highest BCUT2D eigenvalue weighted by atomic mass is 16.5. The molecule has 8 heteroatoms. The molecule has 0 saturated carbocycles. The van der Waals surface area contributed by atoms with Gasteiger partial charge in [-0.15, -0.1) is 0 Å². The first-order valence-electron chi connectivity index (χ1n) is 13.9. The highest BCUT2D eigenvalue weighted by Crippen LogP contribution is 2.17. The van der Waals surface area contributed by atoms with Crippen LogP contribution >= 0.6 is 0 Å². The van der Waals surface area contributed by atoms with E-state index in [0.717, 1.165) is 22.3 Å². The van der Waals surface area contributed by atoms with E-state index in [1.165, 1.54) is 0 Å². The number of aliphatic carboxylic acids is 2. The van der Waals surface area contributed by atoms with Gasteiger partial charge in [0.05, 0.1) is 0 Å². The third kappa shape index (κ3) is 11.2. The fourth-order valence-electron chi connectivity index (χ4n) is 4.13. The first-order chi connectivity index (χ1) is 20.4. The van der Waals surface area contributed by atoms with Crippen molar-refractivity contribution < 1.29 is 38.7 Å². The molecule has 8 nitrogen and oxygen atoms in total. The predicted molar refractivity (Wildman–Crippen MR) is 162 cm³/mol. The Kier molecular flexibility index (Phi) is 13.3. The Morgan fingerprint density at radius 1 is 0.667 bits per heavy atom. The summed E-state index contributed by atoms with van der Waals surface area (Å²) in [6.07, 6.45) is 6.76. The molecule has 0 aliphatic heterocycles. The molecule has 0 fully saturated rings. The molecule has 3 rings (SSSR count). The van der Waals surface area contributed by atoms with E-state index in [9.17, 15) is 19.8 Å². The minimum atomic E-state index is -0.967. The van der Waals surface area contributed by atoms with Crippen molar-refractivity contribution in [1.29, 1.82) is 0 Å². The second kappa shape index (κ2) is 17.4. The normalized spacial score (nSPS) is 12.8. The smallest absolute Gasteiger partial charge is 0.333 e.